The molecule has 0 saturated carbocycles. The zero-order chi connectivity index (χ0) is 16.4. The zero-order valence-corrected chi connectivity index (χ0v) is 17.7. The molecule has 1 atom stereocenters. The largest absolute Gasteiger partial charge is 1.00 e. The molecule has 0 spiro atoms. The van der Waals surface area contributed by atoms with Gasteiger partial charge < -0.3 is 4.55 Å². The van der Waals surface area contributed by atoms with Gasteiger partial charge in [-0.15, -0.1) is 0 Å². The second-order valence-electron chi connectivity index (χ2n) is 6.19. The van der Waals surface area contributed by atoms with Crippen molar-refractivity contribution in [2.24, 2.45) is 0 Å². The number of benzene rings is 1. The van der Waals surface area contributed by atoms with Crippen LogP contribution >= 0.6 is 0 Å². The summed E-state index contributed by atoms with van der Waals surface area (Å²) < 4.78 is 32.7. The first kappa shape index (κ1) is 23.1. The predicted molar refractivity (Wildman–Crippen MR) is 90.0 cm³/mol. The maximum atomic E-state index is 10.9. The summed E-state index contributed by atoms with van der Waals surface area (Å²) in [5.41, 5.74) is 1.11. The van der Waals surface area contributed by atoms with E-state index in [0.29, 0.717) is 5.92 Å². The van der Waals surface area contributed by atoms with Crippen LogP contribution in [0, 0.1) is 0 Å². The van der Waals surface area contributed by atoms with E-state index in [9.17, 15) is 13.0 Å². The Morgan fingerprint density at radius 1 is 0.913 bits per heavy atom. The van der Waals surface area contributed by atoms with E-state index in [1.807, 2.05) is 0 Å². The molecule has 126 valence electrons. The van der Waals surface area contributed by atoms with Crippen LogP contribution in [0.5, 0.6) is 0 Å². The Labute approximate surface area is 164 Å². The normalized spacial score (nSPS) is 12.7. The Hall–Kier alpha value is 0.130. The minimum Gasteiger partial charge on any atom is -0.744 e. The van der Waals surface area contributed by atoms with Crippen LogP contribution in [0.15, 0.2) is 29.2 Å². The molecule has 1 rings (SSSR count). The number of unbranched alkanes of at least 4 members (excludes halogenated alkanes) is 7. The van der Waals surface area contributed by atoms with Crippen molar-refractivity contribution in [1.29, 1.82) is 0 Å². The summed E-state index contributed by atoms with van der Waals surface area (Å²) >= 11 is 0. The number of hydrogen-bond donors (Lipinski definition) is 0. The molecule has 1 aromatic rings. The van der Waals surface area contributed by atoms with Gasteiger partial charge in [-0.05, 0) is 30.0 Å². The van der Waals surface area contributed by atoms with Crippen molar-refractivity contribution in [3.8, 4) is 0 Å². The molecule has 0 aliphatic rings. The van der Waals surface area contributed by atoms with E-state index >= 15 is 0 Å². The van der Waals surface area contributed by atoms with Crippen molar-refractivity contribution < 1.29 is 42.5 Å². The Kier molecular flexibility index (Phi) is 12.6. The first-order chi connectivity index (χ1) is 10.4. The molecule has 0 heterocycles. The van der Waals surface area contributed by atoms with Gasteiger partial charge in [-0.25, -0.2) is 8.42 Å². The molecule has 0 fully saturated rings. The van der Waals surface area contributed by atoms with Crippen LogP contribution in [0.2, 0.25) is 0 Å². The molecule has 0 amide bonds. The summed E-state index contributed by atoms with van der Waals surface area (Å²) in [6.07, 6.45) is 11.6. The van der Waals surface area contributed by atoms with Gasteiger partial charge in [0.2, 0.25) is 0 Å². The van der Waals surface area contributed by atoms with Crippen molar-refractivity contribution in [1.82, 2.24) is 0 Å². The van der Waals surface area contributed by atoms with Gasteiger partial charge in [-0.1, -0.05) is 77.3 Å². The predicted octanol–water partition coefficient (Wildman–Crippen LogP) is 2.23. The van der Waals surface area contributed by atoms with Gasteiger partial charge in [0.1, 0.15) is 10.1 Å². The quantitative estimate of drug-likeness (QED) is 0.350. The standard InChI is InChI=1S/C18H30O3S.Na/c1-3-4-5-6-7-8-9-10-11-16(2)17-12-14-18(15-13-17)22(19,20)21;/h12-16H,3-11H2,1-2H3,(H,19,20,21);/q;+1/p-1. The van der Waals surface area contributed by atoms with Gasteiger partial charge in [-0.3, -0.25) is 0 Å². The third-order valence-corrected chi connectivity index (χ3v) is 5.08. The summed E-state index contributed by atoms with van der Waals surface area (Å²) in [5, 5.41) is 0. The van der Waals surface area contributed by atoms with E-state index in [0.717, 1.165) is 12.0 Å². The van der Waals surface area contributed by atoms with E-state index < -0.39 is 10.1 Å². The fraction of sp³-hybridized carbons (Fsp3) is 0.667. The summed E-state index contributed by atoms with van der Waals surface area (Å²) in [6, 6.07) is 6.37. The van der Waals surface area contributed by atoms with Crippen LogP contribution in [0.25, 0.3) is 0 Å². The third-order valence-electron chi connectivity index (χ3n) is 4.23. The maximum Gasteiger partial charge on any atom is 1.00 e. The molecular formula is C18H29NaO3S. The average Bonchev–Trinajstić information content (AvgIpc) is 2.49. The SMILES string of the molecule is CCCCCCCCCCC(C)c1ccc(S(=O)(=O)[O-])cc1.[Na+]. The summed E-state index contributed by atoms with van der Waals surface area (Å²) in [6.45, 7) is 4.39. The van der Waals surface area contributed by atoms with Gasteiger partial charge in [0.15, 0.2) is 0 Å². The van der Waals surface area contributed by atoms with Crippen LogP contribution in [0.1, 0.15) is 83.1 Å². The van der Waals surface area contributed by atoms with Crippen molar-refractivity contribution in [3.63, 3.8) is 0 Å². The van der Waals surface area contributed by atoms with E-state index in [1.165, 1.54) is 63.5 Å². The monoisotopic (exact) mass is 348 g/mol. The molecule has 0 N–H and O–H groups in total. The molecule has 0 radical (unpaired) electrons. The number of rotatable bonds is 11. The molecule has 23 heavy (non-hydrogen) atoms. The molecule has 1 unspecified atom stereocenters. The minimum atomic E-state index is -4.33. The summed E-state index contributed by atoms with van der Waals surface area (Å²) in [4.78, 5) is -0.143. The molecule has 0 bridgehead atoms. The second-order valence-corrected chi connectivity index (χ2v) is 7.57. The molecule has 1 aromatic carbocycles. The third kappa shape index (κ3) is 9.88. The Bertz CT molecular complexity index is 512. The van der Waals surface area contributed by atoms with Crippen molar-refractivity contribution >= 4 is 10.1 Å². The van der Waals surface area contributed by atoms with Gasteiger partial charge in [-0.2, -0.15) is 0 Å². The van der Waals surface area contributed by atoms with Crippen LogP contribution in [0.4, 0.5) is 0 Å². The molecular weight excluding hydrogens is 319 g/mol. The fourth-order valence-electron chi connectivity index (χ4n) is 2.71. The topological polar surface area (TPSA) is 57.2 Å². The summed E-state index contributed by atoms with van der Waals surface area (Å²) in [5.74, 6) is 0.406. The van der Waals surface area contributed by atoms with Gasteiger partial charge in [0.25, 0.3) is 0 Å². The second kappa shape index (κ2) is 12.5. The first-order valence-corrected chi connectivity index (χ1v) is 9.92. The maximum absolute atomic E-state index is 10.9. The fourth-order valence-corrected chi connectivity index (χ4v) is 3.18. The smallest absolute Gasteiger partial charge is 0.744 e. The Balaban J connectivity index is 0.00000484. The first-order valence-electron chi connectivity index (χ1n) is 8.51. The molecule has 0 aliphatic heterocycles. The van der Waals surface area contributed by atoms with E-state index in [1.54, 1.807) is 12.1 Å². The van der Waals surface area contributed by atoms with Crippen molar-refractivity contribution in [2.75, 3.05) is 0 Å². The van der Waals surface area contributed by atoms with Gasteiger partial charge >= 0.3 is 29.6 Å². The van der Waals surface area contributed by atoms with Crippen LogP contribution in [0.3, 0.4) is 0 Å². The van der Waals surface area contributed by atoms with Gasteiger partial charge in [0, 0.05) is 0 Å². The molecule has 5 heteroatoms. The molecule has 0 saturated heterocycles. The van der Waals surface area contributed by atoms with E-state index in [4.69, 9.17) is 0 Å². The van der Waals surface area contributed by atoms with Crippen LogP contribution < -0.4 is 29.6 Å². The molecule has 0 aliphatic carbocycles. The van der Waals surface area contributed by atoms with E-state index in [-0.39, 0.29) is 34.5 Å². The van der Waals surface area contributed by atoms with Crippen molar-refractivity contribution in [2.45, 2.75) is 82.4 Å². The van der Waals surface area contributed by atoms with E-state index in [2.05, 4.69) is 13.8 Å². The van der Waals surface area contributed by atoms with Crippen LogP contribution in [-0.2, 0) is 10.1 Å². The average molecular weight is 348 g/mol. The van der Waals surface area contributed by atoms with Crippen LogP contribution in [-0.4, -0.2) is 13.0 Å². The number of hydrogen-bond acceptors (Lipinski definition) is 3. The Morgan fingerprint density at radius 3 is 1.87 bits per heavy atom. The van der Waals surface area contributed by atoms with Gasteiger partial charge in [0.05, 0.1) is 4.90 Å². The molecule has 3 nitrogen and oxygen atoms in total. The Morgan fingerprint density at radius 2 is 1.39 bits per heavy atom. The molecule has 0 aromatic heterocycles. The summed E-state index contributed by atoms with van der Waals surface area (Å²) in [7, 11) is -4.33. The zero-order valence-electron chi connectivity index (χ0n) is 14.9. The van der Waals surface area contributed by atoms with Crippen molar-refractivity contribution in [3.05, 3.63) is 29.8 Å². The minimum absolute atomic E-state index is 0.